The molecule has 0 heterocycles. The summed E-state index contributed by atoms with van der Waals surface area (Å²) < 4.78 is 0. The summed E-state index contributed by atoms with van der Waals surface area (Å²) in [7, 11) is 0. The Morgan fingerprint density at radius 2 is 2.04 bits per heavy atom. The molecule has 0 aromatic heterocycles. The van der Waals surface area contributed by atoms with Crippen LogP contribution in [0, 0.1) is 16.7 Å². The first kappa shape index (κ1) is 19.5. The highest BCUT2D eigenvalue weighted by Gasteiger charge is 2.26. The molecular weight excluding hydrogens is 278 g/mol. The third-order valence-corrected chi connectivity index (χ3v) is 5.28. The van der Waals surface area contributed by atoms with Crippen molar-refractivity contribution in [3.63, 3.8) is 0 Å². The van der Waals surface area contributed by atoms with Crippen LogP contribution >= 0.6 is 0 Å². The van der Waals surface area contributed by atoms with E-state index in [4.69, 9.17) is 0 Å². The zero-order valence-electron chi connectivity index (χ0n) is 16.0. The molecule has 1 atom stereocenters. The normalized spacial score (nSPS) is 21.6. The molecule has 0 amide bonds. The van der Waals surface area contributed by atoms with Crippen molar-refractivity contribution in [2.75, 3.05) is 6.54 Å². The first-order valence-corrected chi connectivity index (χ1v) is 8.79. The molecule has 1 unspecified atom stereocenters. The molecule has 0 aromatic carbocycles. The molecule has 0 aliphatic heterocycles. The molecule has 1 nitrogen and oxygen atoms in total. The van der Waals surface area contributed by atoms with Gasteiger partial charge in [0.05, 0.1) is 0 Å². The Labute approximate surface area is 143 Å². The van der Waals surface area contributed by atoms with Gasteiger partial charge in [0.25, 0.3) is 0 Å². The van der Waals surface area contributed by atoms with Crippen molar-refractivity contribution >= 4 is 0 Å². The first-order chi connectivity index (χ1) is 10.6. The van der Waals surface area contributed by atoms with Crippen molar-refractivity contribution in [3.8, 4) is 0 Å². The number of rotatable bonds is 8. The van der Waals surface area contributed by atoms with E-state index in [-0.39, 0.29) is 10.8 Å². The second kappa shape index (κ2) is 7.86. The van der Waals surface area contributed by atoms with E-state index in [2.05, 4.69) is 90.4 Å². The predicted octanol–water partition coefficient (Wildman–Crippen LogP) is 6.19. The Balaban J connectivity index is 2.52. The molecule has 0 radical (unpaired) electrons. The maximum absolute atomic E-state index is 4.17. The zero-order chi connectivity index (χ0) is 17.7. The topological polar surface area (TPSA) is 12.0 Å². The summed E-state index contributed by atoms with van der Waals surface area (Å²) in [5, 5.41) is 3.40. The fourth-order valence-corrected chi connectivity index (χ4v) is 2.24. The van der Waals surface area contributed by atoms with Gasteiger partial charge in [-0.3, -0.25) is 0 Å². The molecular formula is C22H35N. The minimum atomic E-state index is 0.232. The lowest BCUT2D eigenvalue weighted by atomic mass is 9.73. The summed E-state index contributed by atoms with van der Waals surface area (Å²) in [6.07, 6.45) is 13.4. The van der Waals surface area contributed by atoms with Crippen molar-refractivity contribution in [2.45, 2.75) is 54.4 Å². The molecule has 0 aromatic rings. The summed E-state index contributed by atoms with van der Waals surface area (Å²) in [6.45, 7) is 22.6. The molecule has 1 rings (SSSR count). The molecule has 1 aliphatic carbocycles. The quantitative estimate of drug-likeness (QED) is 0.527. The summed E-state index contributed by atoms with van der Waals surface area (Å²) in [5.74, 6) is 0.643. The van der Waals surface area contributed by atoms with E-state index in [0.717, 1.165) is 30.7 Å². The zero-order valence-corrected chi connectivity index (χ0v) is 16.0. The van der Waals surface area contributed by atoms with Crippen molar-refractivity contribution in [2.24, 2.45) is 16.7 Å². The fraction of sp³-hybridized carbons (Fsp3) is 0.545. The molecule has 128 valence electrons. The predicted molar refractivity (Wildman–Crippen MR) is 104 cm³/mol. The SMILES string of the molecule is C=C(/C=C\C(C)(C)CC)CNC(=C)C1=CCC(C)(C(C)C)C=C1. The number of hydrogen-bond donors (Lipinski definition) is 1. The van der Waals surface area contributed by atoms with Crippen LogP contribution in [0.1, 0.15) is 54.4 Å². The van der Waals surface area contributed by atoms with Crippen LogP contribution < -0.4 is 5.32 Å². The van der Waals surface area contributed by atoms with E-state index in [1.54, 1.807) is 0 Å². The van der Waals surface area contributed by atoms with E-state index in [9.17, 15) is 0 Å². The second-order valence-electron chi connectivity index (χ2n) is 8.02. The number of allylic oxidation sites excluding steroid dienone is 4. The first-order valence-electron chi connectivity index (χ1n) is 8.79. The van der Waals surface area contributed by atoms with Crippen molar-refractivity contribution < 1.29 is 0 Å². The standard InChI is InChI=1S/C22H35N/c1-9-21(6,7)13-10-18(4)16-23-19(5)20-11-14-22(8,15-12-20)17(2)3/h10-14,17,23H,4-5,9,15-16H2,1-3,6-8H3/b13-10-. The lowest BCUT2D eigenvalue weighted by Gasteiger charge is -2.32. The monoisotopic (exact) mass is 313 g/mol. The maximum atomic E-state index is 4.17. The summed E-state index contributed by atoms with van der Waals surface area (Å²) in [5.41, 5.74) is 3.77. The van der Waals surface area contributed by atoms with Crippen molar-refractivity contribution in [1.29, 1.82) is 0 Å². The summed E-state index contributed by atoms with van der Waals surface area (Å²) >= 11 is 0. The van der Waals surface area contributed by atoms with E-state index >= 15 is 0 Å². The molecule has 0 saturated heterocycles. The average molecular weight is 314 g/mol. The lowest BCUT2D eigenvalue weighted by Crippen LogP contribution is -2.23. The van der Waals surface area contributed by atoms with Crippen molar-refractivity contribution in [3.05, 3.63) is 60.4 Å². The Morgan fingerprint density at radius 3 is 2.52 bits per heavy atom. The fourth-order valence-electron chi connectivity index (χ4n) is 2.24. The molecule has 1 aliphatic rings. The largest absolute Gasteiger partial charge is 0.381 e. The van der Waals surface area contributed by atoms with Gasteiger partial charge in [-0.2, -0.15) is 0 Å². The van der Waals surface area contributed by atoms with Gasteiger partial charge in [0.1, 0.15) is 0 Å². The third-order valence-electron chi connectivity index (χ3n) is 5.28. The Hall–Kier alpha value is -1.50. The van der Waals surface area contributed by atoms with E-state index in [0.29, 0.717) is 5.92 Å². The molecule has 0 bridgehead atoms. The maximum Gasteiger partial charge on any atom is 0.0394 e. The highest BCUT2D eigenvalue weighted by molar-refractivity contribution is 5.41. The van der Waals surface area contributed by atoms with Crippen LogP contribution in [0.3, 0.4) is 0 Å². The van der Waals surface area contributed by atoms with Gasteiger partial charge in [0, 0.05) is 12.2 Å². The number of hydrogen-bond acceptors (Lipinski definition) is 1. The van der Waals surface area contributed by atoms with E-state index in [1.807, 2.05) is 0 Å². The van der Waals surface area contributed by atoms with Crippen LogP contribution in [0.25, 0.3) is 0 Å². The molecule has 1 heteroatoms. The van der Waals surface area contributed by atoms with Gasteiger partial charge in [-0.15, -0.1) is 0 Å². The molecule has 0 spiro atoms. The van der Waals surface area contributed by atoms with Crippen LogP contribution in [0.2, 0.25) is 0 Å². The Bertz CT molecular complexity index is 528. The van der Waals surface area contributed by atoms with Gasteiger partial charge in [-0.05, 0) is 40.7 Å². The number of nitrogens with one attached hydrogen (secondary N) is 1. The van der Waals surface area contributed by atoms with Gasteiger partial charge in [0.15, 0.2) is 0 Å². The molecule has 0 fully saturated rings. The van der Waals surface area contributed by atoms with Gasteiger partial charge >= 0.3 is 0 Å². The van der Waals surface area contributed by atoms with Crippen LogP contribution in [-0.4, -0.2) is 6.54 Å². The summed E-state index contributed by atoms with van der Waals surface area (Å²) in [4.78, 5) is 0. The van der Waals surface area contributed by atoms with E-state index < -0.39 is 0 Å². The van der Waals surface area contributed by atoms with E-state index in [1.165, 1.54) is 5.57 Å². The molecule has 0 saturated carbocycles. The van der Waals surface area contributed by atoms with Crippen LogP contribution in [0.4, 0.5) is 0 Å². The minimum Gasteiger partial charge on any atom is -0.381 e. The Kier molecular flexibility index (Phi) is 6.68. The minimum absolute atomic E-state index is 0.232. The Morgan fingerprint density at radius 1 is 1.39 bits per heavy atom. The van der Waals surface area contributed by atoms with Crippen LogP contribution in [0.15, 0.2) is 60.4 Å². The highest BCUT2D eigenvalue weighted by Crippen LogP contribution is 2.37. The van der Waals surface area contributed by atoms with Gasteiger partial charge in [0.2, 0.25) is 0 Å². The summed E-state index contributed by atoms with van der Waals surface area (Å²) in [6, 6.07) is 0. The van der Waals surface area contributed by atoms with Gasteiger partial charge in [-0.1, -0.05) is 85.1 Å². The van der Waals surface area contributed by atoms with Gasteiger partial charge < -0.3 is 5.32 Å². The van der Waals surface area contributed by atoms with Gasteiger partial charge in [-0.25, -0.2) is 0 Å². The molecule has 1 N–H and O–H groups in total. The van der Waals surface area contributed by atoms with Crippen LogP contribution in [0.5, 0.6) is 0 Å². The average Bonchev–Trinajstić information content (AvgIpc) is 2.51. The highest BCUT2D eigenvalue weighted by atomic mass is 14.9. The molecule has 23 heavy (non-hydrogen) atoms. The second-order valence-corrected chi connectivity index (χ2v) is 8.02. The van der Waals surface area contributed by atoms with Crippen LogP contribution in [-0.2, 0) is 0 Å². The lowest BCUT2D eigenvalue weighted by molar-refractivity contribution is 0.298. The van der Waals surface area contributed by atoms with Crippen molar-refractivity contribution in [1.82, 2.24) is 5.32 Å². The third kappa shape index (κ3) is 5.89. The smallest absolute Gasteiger partial charge is 0.0394 e.